The number of benzene rings is 1. The van der Waals surface area contributed by atoms with Gasteiger partial charge in [0.15, 0.2) is 0 Å². The summed E-state index contributed by atoms with van der Waals surface area (Å²) in [5.41, 5.74) is -1.07. The summed E-state index contributed by atoms with van der Waals surface area (Å²) in [6, 6.07) is 2.97. The van der Waals surface area contributed by atoms with E-state index in [2.05, 4.69) is 5.32 Å². The topological polar surface area (TPSA) is 79.0 Å². The number of halogens is 3. The second-order valence-electron chi connectivity index (χ2n) is 9.58. The quantitative estimate of drug-likeness (QED) is 0.463. The molecule has 1 aliphatic heterocycles. The number of ether oxygens (including phenoxy) is 1. The fourth-order valence-corrected chi connectivity index (χ4v) is 3.81. The zero-order chi connectivity index (χ0) is 26.4. The van der Waals surface area contributed by atoms with Gasteiger partial charge in [0, 0.05) is 20.0 Å². The van der Waals surface area contributed by atoms with E-state index in [1.807, 2.05) is 6.08 Å². The Labute approximate surface area is 204 Å². The van der Waals surface area contributed by atoms with Crippen LogP contribution in [0.2, 0.25) is 0 Å². The molecule has 2 amide bonds. The molecule has 1 aliphatic rings. The van der Waals surface area contributed by atoms with Crippen LogP contribution in [0.4, 0.5) is 13.2 Å². The number of esters is 1. The van der Waals surface area contributed by atoms with E-state index in [0.29, 0.717) is 18.4 Å². The lowest BCUT2D eigenvalue weighted by molar-refractivity contribution is -0.159. The van der Waals surface area contributed by atoms with Gasteiger partial charge in [-0.25, -0.2) is 0 Å². The zero-order valence-corrected chi connectivity index (χ0v) is 20.8. The summed E-state index contributed by atoms with van der Waals surface area (Å²) >= 11 is 0. The van der Waals surface area contributed by atoms with E-state index in [1.54, 1.807) is 33.9 Å². The van der Waals surface area contributed by atoms with E-state index in [-0.39, 0.29) is 25.4 Å². The third-order valence-corrected chi connectivity index (χ3v) is 5.55. The molecule has 1 aromatic rings. The molecule has 0 bridgehead atoms. The maximum absolute atomic E-state index is 13.5. The van der Waals surface area contributed by atoms with Gasteiger partial charge >= 0.3 is 12.1 Å². The Kier molecular flexibility index (Phi) is 9.48. The van der Waals surface area contributed by atoms with Crippen molar-refractivity contribution in [3.63, 3.8) is 0 Å². The Morgan fingerprint density at radius 1 is 1.17 bits per heavy atom. The molecule has 1 aromatic carbocycles. The number of amides is 2. The van der Waals surface area contributed by atoms with Crippen LogP contribution in [0.3, 0.4) is 0 Å². The smallest absolute Gasteiger partial charge is 0.416 e. The van der Waals surface area contributed by atoms with Gasteiger partial charge in [-0.2, -0.15) is 13.2 Å². The number of hydrogen-bond acceptors (Lipinski definition) is 5. The molecule has 0 saturated heterocycles. The van der Waals surface area contributed by atoms with Crippen LogP contribution in [-0.2, 0) is 31.7 Å². The lowest BCUT2D eigenvalue weighted by Gasteiger charge is -2.36. The van der Waals surface area contributed by atoms with Crippen molar-refractivity contribution >= 4 is 17.8 Å². The van der Waals surface area contributed by atoms with Gasteiger partial charge in [0.2, 0.25) is 11.8 Å². The van der Waals surface area contributed by atoms with Crippen LogP contribution >= 0.6 is 0 Å². The van der Waals surface area contributed by atoms with Crippen molar-refractivity contribution in [2.24, 2.45) is 0 Å². The number of allylic oxidation sites excluding steroid dienone is 1. The molecule has 0 aromatic heterocycles. The molecule has 0 aliphatic carbocycles. The van der Waals surface area contributed by atoms with E-state index < -0.39 is 41.3 Å². The number of likely N-dealkylation sites (N-methyl/N-ethyl adjacent to an activating group) is 2. The van der Waals surface area contributed by atoms with Crippen molar-refractivity contribution in [2.75, 3.05) is 27.2 Å². The summed E-state index contributed by atoms with van der Waals surface area (Å²) in [6.45, 7) is 4.97. The summed E-state index contributed by atoms with van der Waals surface area (Å²) in [6.07, 6.45) is 0.466. The number of carbonyl (C=O) groups excluding carboxylic acids is 3. The molecule has 1 heterocycles. The summed E-state index contributed by atoms with van der Waals surface area (Å²) in [4.78, 5) is 41.7. The van der Waals surface area contributed by atoms with Crippen molar-refractivity contribution < 1.29 is 32.3 Å². The monoisotopic (exact) mass is 497 g/mol. The van der Waals surface area contributed by atoms with Gasteiger partial charge in [0.25, 0.3) is 0 Å². The molecule has 0 spiro atoms. The van der Waals surface area contributed by atoms with Crippen LogP contribution in [0, 0.1) is 0 Å². The van der Waals surface area contributed by atoms with Gasteiger partial charge in [-0.1, -0.05) is 24.3 Å². The molecule has 0 radical (unpaired) electrons. The molecule has 0 unspecified atom stereocenters. The fourth-order valence-electron chi connectivity index (χ4n) is 3.81. The average molecular weight is 498 g/mol. The predicted octanol–water partition coefficient (Wildman–Crippen LogP) is 3.18. The second kappa shape index (κ2) is 11.7. The van der Waals surface area contributed by atoms with Crippen molar-refractivity contribution in [1.29, 1.82) is 0 Å². The minimum absolute atomic E-state index is 0.00829. The van der Waals surface area contributed by atoms with Crippen LogP contribution in [0.5, 0.6) is 0 Å². The van der Waals surface area contributed by atoms with Crippen LogP contribution in [0.15, 0.2) is 36.4 Å². The first-order valence-electron chi connectivity index (χ1n) is 11.5. The lowest BCUT2D eigenvalue weighted by atomic mass is 9.99. The Morgan fingerprint density at radius 3 is 2.34 bits per heavy atom. The Hall–Kier alpha value is -2.88. The van der Waals surface area contributed by atoms with Crippen molar-refractivity contribution in [2.45, 2.75) is 63.9 Å². The van der Waals surface area contributed by atoms with Gasteiger partial charge in [-0.15, -0.1) is 0 Å². The van der Waals surface area contributed by atoms with Crippen LogP contribution in [-0.4, -0.2) is 72.5 Å². The summed E-state index contributed by atoms with van der Waals surface area (Å²) in [7, 11) is 3.10. The first kappa shape index (κ1) is 28.4. The second-order valence-corrected chi connectivity index (χ2v) is 9.58. The first-order valence-corrected chi connectivity index (χ1v) is 11.5. The van der Waals surface area contributed by atoms with Crippen molar-refractivity contribution in [3.8, 4) is 0 Å². The molecular weight excluding hydrogens is 463 g/mol. The molecule has 10 heteroatoms. The third kappa shape index (κ3) is 8.38. The predicted molar refractivity (Wildman–Crippen MR) is 125 cm³/mol. The number of rotatable bonds is 7. The number of nitrogens with zero attached hydrogens (tertiary/aromatic N) is 2. The highest BCUT2D eigenvalue weighted by molar-refractivity contribution is 5.91. The highest BCUT2D eigenvalue weighted by atomic mass is 19.4. The number of hydrogen-bond donors (Lipinski definition) is 1. The molecule has 7 nitrogen and oxygen atoms in total. The zero-order valence-electron chi connectivity index (χ0n) is 20.8. The SMILES string of the molecule is CN[C@H]1CC/C=C\CN([C@@H](Cc2ccc(C(F)(F)F)cc2)C(=O)N(C)CC(=O)OC(C)(C)C)C1=O. The number of carbonyl (C=O) groups is 3. The van der Waals surface area contributed by atoms with Crippen LogP contribution in [0.1, 0.15) is 44.7 Å². The van der Waals surface area contributed by atoms with E-state index in [4.69, 9.17) is 4.74 Å². The highest BCUT2D eigenvalue weighted by Gasteiger charge is 2.36. The molecule has 1 N–H and O–H groups in total. The standard InChI is InChI=1S/C25H34F3N3O4/c1-24(2,3)35-21(32)16-30(5)23(34)20(15-17-10-12-18(13-11-17)25(26,27)28)31-14-8-6-7-9-19(29-4)22(31)33/h6,8,10-13,19-20,29H,7,9,14-16H2,1-5H3/b8-6-/t19-,20-/m0/s1. The van der Waals surface area contributed by atoms with E-state index in [1.165, 1.54) is 29.0 Å². The van der Waals surface area contributed by atoms with Gasteiger partial charge in [-0.3, -0.25) is 14.4 Å². The van der Waals surface area contributed by atoms with E-state index >= 15 is 0 Å². The largest absolute Gasteiger partial charge is 0.459 e. The molecule has 0 fully saturated rings. The lowest BCUT2D eigenvalue weighted by Crippen LogP contribution is -2.56. The number of nitrogens with one attached hydrogen (secondary N) is 1. The molecular formula is C25H34F3N3O4. The molecule has 194 valence electrons. The molecule has 0 saturated carbocycles. The first-order chi connectivity index (χ1) is 16.2. The van der Waals surface area contributed by atoms with Gasteiger partial charge in [-0.05, 0) is 58.4 Å². The average Bonchev–Trinajstić information content (AvgIpc) is 2.73. The van der Waals surface area contributed by atoms with E-state index in [0.717, 1.165) is 12.1 Å². The van der Waals surface area contributed by atoms with Gasteiger partial charge in [0.05, 0.1) is 11.6 Å². The minimum atomic E-state index is -4.48. The normalized spacial score (nSPS) is 18.9. The van der Waals surface area contributed by atoms with Gasteiger partial charge < -0.3 is 19.9 Å². The summed E-state index contributed by atoms with van der Waals surface area (Å²) in [5, 5.41) is 2.97. The van der Waals surface area contributed by atoms with Crippen molar-refractivity contribution in [1.82, 2.24) is 15.1 Å². The Bertz CT molecular complexity index is 923. The Balaban J connectivity index is 2.36. The van der Waals surface area contributed by atoms with E-state index in [9.17, 15) is 27.6 Å². The van der Waals surface area contributed by atoms with Crippen molar-refractivity contribution in [3.05, 3.63) is 47.5 Å². The van der Waals surface area contributed by atoms with Crippen LogP contribution in [0.25, 0.3) is 0 Å². The molecule has 2 atom stereocenters. The van der Waals surface area contributed by atoms with Crippen LogP contribution < -0.4 is 5.32 Å². The summed E-state index contributed by atoms with van der Waals surface area (Å²) in [5.74, 6) is -1.39. The molecule has 35 heavy (non-hydrogen) atoms. The Morgan fingerprint density at radius 2 is 1.80 bits per heavy atom. The maximum Gasteiger partial charge on any atom is 0.416 e. The maximum atomic E-state index is 13.5. The minimum Gasteiger partial charge on any atom is -0.459 e. The summed E-state index contributed by atoms with van der Waals surface area (Å²) < 4.78 is 44.3. The molecule has 2 rings (SSSR count). The number of alkyl halides is 3. The highest BCUT2D eigenvalue weighted by Crippen LogP contribution is 2.29. The van der Waals surface area contributed by atoms with Gasteiger partial charge in [0.1, 0.15) is 18.2 Å². The fraction of sp³-hybridized carbons (Fsp3) is 0.560. The third-order valence-electron chi connectivity index (χ3n) is 5.55.